The van der Waals surface area contributed by atoms with Crippen LogP contribution in [0.25, 0.3) is 11.1 Å². The topological polar surface area (TPSA) is 79.1 Å². The first kappa shape index (κ1) is 27.2. The highest BCUT2D eigenvalue weighted by Gasteiger charge is 2.35. The summed E-state index contributed by atoms with van der Waals surface area (Å²) in [6, 6.07) is 17.2. The van der Waals surface area contributed by atoms with Crippen LogP contribution in [0, 0.1) is 6.92 Å². The van der Waals surface area contributed by atoms with Gasteiger partial charge in [0.1, 0.15) is 18.2 Å². The Morgan fingerprint density at radius 2 is 1.82 bits per heavy atom. The molecule has 0 aliphatic heterocycles. The number of hydrogen-bond donors (Lipinski definition) is 0. The second-order valence-electron chi connectivity index (χ2n) is 11.0. The van der Waals surface area contributed by atoms with E-state index in [1.54, 1.807) is 10.9 Å². The predicted molar refractivity (Wildman–Crippen MR) is 158 cm³/mol. The number of Topliss-reactive ketones (excluding diaryl/α,β-unsaturated/α-hetero) is 1. The summed E-state index contributed by atoms with van der Waals surface area (Å²) in [6.45, 7) is 10.5. The molecule has 9 heteroatoms. The van der Waals surface area contributed by atoms with E-state index in [2.05, 4.69) is 59.2 Å². The smallest absolute Gasteiger partial charge is 0.196 e. The molecule has 2 heterocycles. The van der Waals surface area contributed by atoms with Gasteiger partial charge in [-0.15, -0.1) is 16.4 Å². The Morgan fingerprint density at radius 1 is 1.00 bits per heavy atom. The lowest BCUT2D eigenvalue weighted by Gasteiger charge is -2.15. The van der Waals surface area contributed by atoms with Gasteiger partial charge in [0, 0.05) is 25.8 Å². The third-order valence-electron chi connectivity index (χ3n) is 6.69. The molecule has 0 saturated heterocycles. The van der Waals surface area contributed by atoms with Gasteiger partial charge in [0.25, 0.3) is 0 Å². The number of ketones is 1. The number of hydrogen-bond acceptors (Lipinski definition) is 7. The van der Waals surface area contributed by atoms with Gasteiger partial charge in [-0.05, 0) is 55.1 Å². The van der Waals surface area contributed by atoms with Gasteiger partial charge < -0.3 is 9.47 Å². The Labute approximate surface area is 234 Å². The minimum Gasteiger partial charge on any atom is -0.494 e. The number of aromatic nitrogens is 4. The van der Waals surface area contributed by atoms with Crippen molar-refractivity contribution in [2.24, 2.45) is 0 Å². The lowest BCUT2D eigenvalue weighted by atomic mass is 10.0. The highest BCUT2D eigenvalue weighted by molar-refractivity contribution is 7.11. The minimum atomic E-state index is -1.17. The van der Waals surface area contributed by atoms with Crippen LogP contribution in [0.2, 0.25) is 25.7 Å². The lowest BCUT2D eigenvalue weighted by Crippen LogP contribution is -2.22. The van der Waals surface area contributed by atoms with Crippen molar-refractivity contribution in [3.8, 4) is 5.75 Å². The van der Waals surface area contributed by atoms with Gasteiger partial charge in [0.2, 0.25) is 0 Å². The van der Waals surface area contributed by atoms with Crippen LogP contribution in [-0.4, -0.2) is 47.0 Å². The summed E-state index contributed by atoms with van der Waals surface area (Å²) in [5, 5.41) is 8.63. The van der Waals surface area contributed by atoms with Crippen LogP contribution >= 0.6 is 11.3 Å². The monoisotopic (exact) mass is 558 g/mol. The van der Waals surface area contributed by atoms with E-state index < -0.39 is 8.07 Å². The van der Waals surface area contributed by atoms with E-state index in [1.807, 2.05) is 36.7 Å². The molecular weight excluding hydrogens is 525 g/mol. The summed E-state index contributed by atoms with van der Waals surface area (Å²) in [5.74, 6) is 0.616. The number of fused-ring (bicyclic) bond motifs is 1. The Bertz CT molecular complexity index is 1490. The van der Waals surface area contributed by atoms with Crippen molar-refractivity contribution in [1.29, 1.82) is 0 Å². The zero-order chi connectivity index (χ0) is 27.4. The molecule has 39 heavy (non-hydrogen) atoms. The van der Waals surface area contributed by atoms with Crippen LogP contribution in [0.4, 0.5) is 0 Å². The number of carbonyl (C=O) groups is 1. The largest absolute Gasteiger partial charge is 0.494 e. The second kappa shape index (κ2) is 11.8. The fraction of sp³-hybridized carbons (Fsp3) is 0.333. The van der Waals surface area contributed by atoms with E-state index >= 15 is 0 Å². The first-order chi connectivity index (χ1) is 18.8. The molecule has 5 rings (SSSR count). The molecule has 2 aromatic carbocycles. The van der Waals surface area contributed by atoms with Crippen LogP contribution in [-0.2, 0) is 17.9 Å². The maximum Gasteiger partial charge on any atom is 0.196 e. The minimum absolute atomic E-state index is 0.0748. The number of nitrogens with zero attached hydrogens (tertiary/aromatic N) is 4. The van der Waals surface area contributed by atoms with Crippen molar-refractivity contribution < 1.29 is 14.3 Å². The van der Waals surface area contributed by atoms with Crippen LogP contribution in [0.15, 0.2) is 60.2 Å². The molecule has 0 fully saturated rings. The molecule has 0 atom stereocenters. The van der Waals surface area contributed by atoms with Crippen molar-refractivity contribution in [3.63, 3.8) is 0 Å². The zero-order valence-electron chi connectivity index (χ0n) is 22.9. The van der Waals surface area contributed by atoms with E-state index in [1.165, 1.54) is 16.9 Å². The molecule has 2 aromatic heterocycles. The number of aryl methyl sites for hydroxylation is 2. The molecule has 1 aliphatic rings. The summed E-state index contributed by atoms with van der Waals surface area (Å²) < 4.78 is 13.5. The van der Waals surface area contributed by atoms with Crippen LogP contribution < -0.4 is 4.74 Å². The normalized spacial score (nSPS) is 13.3. The quantitative estimate of drug-likeness (QED) is 0.145. The summed E-state index contributed by atoms with van der Waals surface area (Å²) in [7, 11) is -1.17. The van der Waals surface area contributed by atoms with Crippen molar-refractivity contribution in [2.75, 3.05) is 13.2 Å². The number of rotatable bonds is 12. The molecule has 0 spiro atoms. The highest BCUT2D eigenvalue weighted by Crippen LogP contribution is 2.44. The van der Waals surface area contributed by atoms with E-state index in [9.17, 15) is 4.79 Å². The molecule has 0 unspecified atom stereocenters. The van der Waals surface area contributed by atoms with Gasteiger partial charge in [0.15, 0.2) is 5.78 Å². The van der Waals surface area contributed by atoms with E-state index in [4.69, 9.17) is 9.47 Å². The SMILES string of the molecule is Cc1ncsc1C1=C(c2cn(COCC[Si](C)(C)C)nn2)C(=O)c2cc(OCCCc3ccccc3)ccc21. The van der Waals surface area contributed by atoms with Crippen molar-refractivity contribution in [2.45, 2.75) is 52.2 Å². The fourth-order valence-electron chi connectivity index (χ4n) is 4.55. The fourth-order valence-corrected chi connectivity index (χ4v) is 6.17. The third kappa shape index (κ3) is 6.43. The van der Waals surface area contributed by atoms with Crippen molar-refractivity contribution >= 4 is 36.3 Å². The summed E-state index contributed by atoms with van der Waals surface area (Å²) in [6.07, 6.45) is 3.64. The average molecular weight is 559 g/mol. The van der Waals surface area contributed by atoms with Gasteiger partial charge in [-0.3, -0.25) is 4.79 Å². The standard InChI is InChI=1S/C30H34N4O3SSi/c1-21-30(38-19-31-21)27-24-13-12-23(37-14-8-11-22-9-6-5-7-10-22)17-25(24)29(35)28(27)26-18-34(33-32-26)20-36-15-16-39(2,3)4/h5-7,9-10,12-13,17-19H,8,11,14-16,20H2,1-4H3. The first-order valence-electron chi connectivity index (χ1n) is 13.3. The Hall–Kier alpha value is -3.40. The van der Waals surface area contributed by atoms with Crippen LogP contribution in [0.3, 0.4) is 0 Å². The third-order valence-corrected chi connectivity index (χ3v) is 9.34. The van der Waals surface area contributed by atoms with Crippen molar-refractivity contribution in [1.82, 2.24) is 20.0 Å². The van der Waals surface area contributed by atoms with E-state index in [0.717, 1.165) is 40.6 Å². The summed E-state index contributed by atoms with van der Waals surface area (Å²) >= 11 is 1.53. The number of benzene rings is 2. The molecule has 1 aliphatic carbocycles. The molecule has 0 saturated carbocycles. The predicted octanol–water partition coefficient (Wildman–Crippen LogP) is 6.52. The van der Waals surface area contributed by atoms with Gasteiger partial charge in [0.05, 0.1) is 34.5 Å². The Kier molecular flexibility index (Phi) is 8.20. The molecule has 0 amide bonds. The molecule has 0 radical (unpaired) electrons. The summed E-state index contributed by atoms with van der Waals surface area (Å²) in [4.78, 5) is 19.2. The van der Waals surface area contributed by atoms with Gasteiger partial charge in [-0.25, -0.2) is 9.67 Å². The van der Waals surface area contributed by atoms with Gasteiger partial charge in [-0.2, -0.15) is 0 Å². The molecule has 4 aromatic rings. The van der Waals surface area contributed by atoms with E-state index in [-0.39, 0.29) is 5.78 Å². The number of carbonyl (C=O) groups excluding carboxylic acids is 1. The molecule has 202 valence electrons. The maximum atomic E-state index is 13.8. The lowest BCUT2D eigenvalue weighted by molar-refractivity contribution is 0.0772. The Balaban J connectivity index is 1.34. The first-order valence-corrected chi connectivity index (χ1v) is 17.9. The molecule has 0 bridgehead atoms. The van der Waals surface area contributed by atoms with Gasteiger partial charge in [-0.1, -0.05) is 55.2 Å². The number of thiazole rings is 1. The number of allylic oxidation sites excluding steroid dienone is 1. The molecule has 7 nitrogen and oxygen atoms in total. The second-order valence-corrected chi connectivity index (χ2v) is 17.5. The summed E-state index contributed by atoms with van der Waals surface area (Å²) in [5.41, 5.74) is 7.43. The molecular formula is C30H34N4O3SSi. The highest BCUT2D eigenvalue weighted by atomic mass is 32.1. The van der Waals surface area contributed by atoms with E-state index in [0.29, 0.717) is 42.5 Å². The molecule has 0 N–H and O–H groups in total. The zero-order valence-corrected chi connectivity index (χ0v) is 24.8. The van der Waals surface area contributed by atoms with Crippen LogP contribution in [0.1, 0.15) is 44.2 Å². The van der Waals surface area contributed by atoms with Crippen molar-refractivity contribution in [3.05, 3.63) is 93.2 Å². The number of ether oxygens (including phenoxy) is 2. The van der Waals surface area contributed by atoms with Crippen LogP contribution in [0.5, 0.6) is 5.75 Å². The maximum absolute atomic E-state index is 13.8. The average Bonchev–Trinajstić information content (AvgIpc) is 3.62. The Morgan fingerprint density at radius 3 is 2.56 bits per heavy atom. The van der Waals surface area contributed by atoms with Gasteiger partial charge >= 0.3 is 0 Å².